The number of rotatable bonds is 19. The first-order chi connectivity index (χ1) is 25.8. The molecular weight excluding hydrogens is 815 g/mol. The van der Waals surface area contributed by atoms with Crippen LogP contribution in [-0.4, -0.2) is 90.8 Å². The van der Waals surface area contributed by atoms with Gasteiger partial charge in [-0.15, -0.1) is 12.4 Å². The first-order valence-electron chi connectivity index (χ1n) is 16.9. The van der Waals surface area contributed by atoms with Crippen molar-refractivity contribution in [1.29, 1.82) is 0 Å². The van der Waals surface area contributed by atoms with Crippen LogP contribution in [-0.2, 0) is 35.4 Å². The number of halogens is 5. The Kier molecular flexibility index (Phi) is 16.2. The second-order valence-corrected chi connectivity index (χ2v) is 15.2. The van der Waals surface area contributed by atoms with Crippen LogP contribution < -0.4 is 23.7 Å². The van der Waals surface area contributed by atoms with Crippen molar-refractivity contribution in [2.24, 2.45) is 5.92 Å². The number of nitrogens with zero attached hydrogens (tertiary/aromatic N) is 2. The molecule has 3 aromatic rings. The van der Waals surface area contributed by atoms with E-state index in [9.17, 15) is 32.0 Å². The lowest BCUT2D eigenvalue weighted by Gasteiger charge is -2.26. The molecule has 302 valence electrons. The minimum Gasteiger partial charge on any atom is -0.619 e. The van der Waals surface area contributed by atoms with Crippen LogP contribution in [0.5, 0.6) is 17.2 Å². The van der Waals surface area contributed by atoms with Gasteiger partial charge in [0.2, 0.25) is 10.0 Å². The lowest BCUT2D eigenvalue weighted by Crippen LogP contribution is -2.37. The van der Waals surface area contributed by atoms with Gasteiger partial charge >= 0.3 is 18.6 Å². The smallest absolute Gasteiger partial charge is 0.387 e. The average molecular weight is 855 g/mol. The summed E-state index contributed by atoms with van der Waals surface area (Å²) in [5, 5.41) is 11.8. The van der Waals surface area contributed by atoms with Crippen molar-refractivity contribution < 1.29 is 59.9 Å². The van der Waals surface area contributed by atoms with Crippen molar-refractivity contribution in [2.45, 2.75) is 38.4 Å². The van der Waals surface area contributed by atoms with Gasteiger partial charge in [-0.1, -0.05) is 29.3 Å². The first kappa shape index (κ1) is 43.9. The number of alkyl halides is 2. The number of methoxy groups -OCH3 is 1. The Morgan fingerprint density at radius 1 is 1.05 bits per heavy atom. The van der Waals surface area contributed by atoms with E-state index in [1.807, 2.05) is 0 Å². The third-order valence-electron chi connectivity index (χ3n) is 8.46. The molecule has 2 heterocycles. The maximum atomic E-state index is 13.2. The van der Waals surface area contributed by atoms with Crippen molar-refractivity contribution in [2.75, 3.05) is 63.6 Å². The van der Waals surface area contributed by atoms with Crippen LogP contribution in [0.15, 0.2) is 48.8 Å². The number of carbonyl (C=O) groups is 2. The maximum absolute atomic E-state index is 13.2. The maximum Gasteiger partial charge on any atom is 0.387 e. The molecule has 0 bridgehead atoms. The van der Waals surface area contributed by atoms with E-state index in [0.717, 1.165) is 38.3 Å². The molecule has 55 heavy (non-hydrogen) atoms. The molecule has 0 unspecified atom stereocenters. The molecule has 14 nitrogen and oxygen atoms in total. The Morgan fingerprint density at radius 3 is 2.40 bits per heavy atom. The van der Waals surface area contributed by atoms with E-state index in [0.29, 0.717) is 30.9 Å². The van der Waals surface area contributed by atoms with Crippen LogP contribution in [0, 0.1) is 11.1 Å². The van der Waals surface area contributed by atoms with E-state index in [1.54, 1.807) is 0 Å². The van der Waals surface area contributed by atoms with Crippen LogP contribution >= 0.6 is 35.6 Å². The fourth-order valence-corrected chi connectivity index (χ4v) is 7.20. The van der Waals surface area contributed by atoms with Gasteiger partial charge in [0.15, 0.2) is 30.5 Å². The monoisotopic (exact) mass is 853 g/mol. The molecule has 1 N–H and O–H groups in total. The highest BCUT2D eigenvalue weighted by Crippen LogP contribution is 2.38. The lowest BCUT2D eigenvalue weighted by molar-refractivity contribution is -0.605. The van der Waals surface area contributed by atoms with Gasteiger partial charge in [0.25, 0.3) is 0 Å². The van der Waals surface area contributed by atoms with Gasteiger partial charge in [-0.2, -0.15) is 13.5 Å². The third-order valence-corrected chi connectivity index (χ3v) is 10.5. The Morgan fingerprint density at radius 2 is 1.75 bits per heavy atom. The highest BCUT2D eigenvalue weighted by Gasteiger charge is 2.27. The fourth-order valence-electron chi connectivity index (χ4n) is 5.50. The summed E-state index contributed by atoms with van der Waals surface area (Å²) in [6.45, 7) is -0.544. The number of hydrogen-bond acceptors (Lipinski definition) is 12. The molecule has 2 fully saturated rings. The quantitative estimate of drug-likeness (QED) is 0.0904. The highest BCUT2D eigenvalue weighted by atomic mass is 35.5. The van der Waals surface area contributed by atoms with Gasteiger partial charge in [-0.05, 0) is 67.6 Å². The number of sulfonamides is 1. The molecule has 1 aromatic heterocycles. The van der Waals surface area contributed by atoms with E-state index in [-0.39, 0.29) is 86.8 Å². The Balaban J connectivity index is 0.00000673. The highest BCUT2D eigenvalue weighted by molar-refractivity contribution is 7.92. The standard InChI is InChI=1S/C35H39Cl2F2N3O11S.ClH/c1-48-29-7-6-24(15-28(29)40-54(46,47)14-2-9-41-10-12-49-13-11-41)34(44)51-21-33(43)52-31(17-25-26(36)18-42(45)19-27(25)37)23-5-8-30(53-35(38)39)32(16-23)50-20-22-3-4-22;/h5-8,15-16,18-19,22,31,35,40H,2-4,9-14,17,20-21H2,1H3;1H/t31-;/m0./s1. The van der Waals surface area contributed by atoms with Gasteiger partial charge < -0.3 is 33.6 Å². The van der Waals surface area contributed by atoms with Crippen LogP contribution in [0.1, 0.15) is 46.9 Å². The minimum atomic E-state index is -3.83. The number of anilines is 1. The molecule has 0 amide bonds. The van der Waals surface area contributed by atoms with Crippen molar-refractivity contribution in [3.63, 3.8) is 0 Å². The molecule has 1 aliphatic carbocycles. The molecule has 1 atom stereocenters. The summed E-state index contributed by atoms with van der Waals surface area (Å²) in [6.07, 6.45) is 2.97. The SMILES string of the molecule is COc1ccc(C(=O)OCC(=O)O[C@@H](Cc2c(Cl)c[n+]([O-])cc2Cl)c2ccc(OC(F)F)c(OCC3CC3)c2)cc1NS(=O)(=O)CCCN1CCOCC1.Cl. The summed E-state index contributed by atoms with van der Waals surface area (Å²) < 4.78 is 86.9. The van der Waals surface area contributed by atoms with Crippen molar-refractivity contribution in [3.05, 3.63) is 80.7 Å². The van der Waals surface area contributed by atoms with Crippen LogP contribution in [0.3, 0.4) is 0 Å². The number of nitrogens with one attached hydrogen (secondary N) is 1. The van der Waals surface area contributed by atoms with Crippen LogP contribution in [0.2, 0.25) is 10.0 Å². The summed E-state index contributed by atoms with van der Waals surface area (Å²) in [5.74, 6) is -2.00. The zero-order chi connectivity index (χ0) is 38.8. The van der Waals surface area contributed by atoms with E-state index in [1.165, 1.54) is 43.5 Å². The molecular formula is C35H40Cl3F2N3O11S. The van der Waals surface area contributed by atoms with Gasteiger partial charge in [0, 0.05) is 25.1 Å². The predicted molar refractivity (Wildman–Crippen MR) is 199 cm³/mol. The molecule has 1 saturated carbocycles. The second-order valence-electron chi connectivity index (χ2n) is 12.5. The lowest BCUT2D eigenvalue weighted by atomic mass is 10.0. The van der Waals surface area contributed by atoms with Crippen molar-refractivity contribution in [3.8, 4) is 17.2 Å². The zero-order valence-corrected chi connectivity index (χ0v) is 32.7. The molecule has 1 aliphatic heterocycles. The molecule has 20 heteroatoms. The fraction of sp³-hybridized carbons (Fsp3) is 0.457. The molecule has 0 radical (unpaired) electrons. The largest absolute Gasteiger partial charge is 0.619 e. The normalized spacial score (nSPS) is 15.1. The van der Waals surface area contributed by atoms with E-state index < -0.39 is 41.3 Å². The molecule has 5 rings (SSSR count). The van der Waals surface area contributed by atoms with Gasteiger partial charge in [0.05, 0.1) is 43.9 Å². The summed E-state index contributed by atoms with van der Waals surface area (Å²) in [6, 6.07) is 7.93. The topological polar surface area (TPSA) is 166 Å². The molecule has 0 spiro atoms. The minimum absolute atomic E-state index is 0. The van der Waals surface area contributed by atoms with Crippen molar-refractivity contribution >= 4 is 63.3 Å². The van der Waals surface area contributed by atoms with E-state index in [4.69, 9.17) is 46.9 Å². The van der Waals surface area contributed by atoms with E-state index in [2.05, 4.69) is 14.4 Å². The Labute approximate surface area is 332 Å². The number of morpholine rings is 1. The van der Waals surface area contributed by atoms with Crippen molar-refractivity contribution in [1.82, 2.24) is 4.90 Å². The average Bonchev–Trinajstić information content (AvgIpc) is 3.96. The number of carbonyl (C=O) groups excluding carboxylic acids is 2. The molecule has 2 aliphatic rings. The number of ether oxygens (including phenoxy) is 6. The number of esters is 2. The Hall–Kier alpha value is -3.87. The number of aromatic nitrogens is 1. The van der Waals surface area contributed by atoms with Gasteiger partial charge in [0.1, 0.15) is 21.9 Å². The first-order valence-corrected chi connectivity index (χ1v) is 19.3. The zero-order valence-electron chi connectivity index (χ0n) is 29.5. The summed E-state index contributed by atoms with van der Waals surface area (Å²) in [5.41, 5.74) is 0.413. The van der Waals surface area contributed by atoms with Gasteiger partial charge in [-0.25, -0.2) is 18.0 Å². The van der Waals surface area contributed by atoms with Crippen LogP contribution in [0.25, 0.3) is 0 Å². The van der Waals surface area contributed by atoms with Crippen LogP contribution in [0.4, 0.5) is 14.5 Å². The van der Waals surface area contributed by atoms with E-state index >= 15 is 0 Å². The predicted octanol–water partition coefficient (Wildman–Crippen LogP) is 5.60. The number of hydrogen-bond donors (Lipinski definition) is 1. The number of benzene rings is 2. The third kappa shape index (κ3) is 13.4. The molecule has 2 aromatic carbocycles. The summed E-state index contributed by atoms with van der Waals surface area (Å²) >= 11 is 12.6. The number of pyridine rings is 1. The second kappa shape index (κ2) is 20.3. The molecule has 1 saturated heterocycles. The summed E-state index contributed by atoms with van der Waals surface area (Å²) in [4.78, 5) is 28.3. The van der Waals surface area contributed by atoms with Gasteiger partial charge in [-0.3, -0.25) is 9.62 Å². The summed E-state index contributed by atoms with van der Waals surface area (Å²) in [7, 11) is -2.49. The Bertz CT molecular complexity index is 1880.